The SMILES string of the molecule is COC(=O)c1ccc(C(=O)OCCCn2c(=O)[nH]c3ccccc32)cc1. The van der Waals surface area contributed by atoms with E-state index in [9.17, 15) is 14.4 Å². The number of H-pyrrole nitrogens is 1. The number of carbonyl (C=O) groups excluding carboxylic acids is 2. The van der Waals surface area contributed by atoms with Gasteiger partial charge in [0.25, 0.3) is 0 Å². The second-order valence-corrected chi connectivity index (χ2v) is 5.66. The summed E-state index contributed by atoms with van der Waals surface area (Å²) in [6.45, 7) is 0.626. The highest BCUT2D eigenvalue weighted by Crippen LogP contribution is 2.10. The molecule has 3 rings (SSSR count). The summed E-state index contributed by atoms with van der Waals surface area (Å²) in [6.07, 6.45) is 0.508. The van der Waals surface area contributed by atoms with E-state index in [1.165, 1.54) is 31.4 Å². The van der Waals surface area contributed by atoms with Crippen molar-refractivity contribution in [3.8, 4) is 0 Å². The van der Waals surface area contributed by atoms with E-state index in [0.29, 0.717) is 24.1 Å². The van der Waals surface area contributed by atoms with E-state index in [4.69, 9.17) is 4.74 Å². The number of methoxy groups -OCH3 is 1. The van der Waals surface area contributed by atoms with E-state index < -0.39 is 11.9 Å². The van der Waals surface area contributed by atoms with Gasteiger partial charge in [0.05, 0.1) is 35.9 Å². The fourth-order valence-corrected chi connectivity index (χ4v) is 2.66. The number of esters is 2. The minimum Gasteiger partial charge on any atom is -0.465 e. The molecule has 7 heteroatoms. The highest BCUT2D eigenvalue weighted by atomic mass is 16.5. The highest BCUT2D eigenvalue weighted by Gasteiger charge is 2.10. The van der Waals surface area contributed by atoms with Crippen molar-refractivity contribution in [3.05, 3.63) is 70.1 Å². The third-order valence-electron chi connectivity index (χ3n) is 3.98. The summed E-state index contributed by atoms with van der Waals surface area (Å²) in [5.74, 6) is -0.943. The van der Waals surface area contributed by atoms with Crippen LogP contribution in [-0.2, 0) is 16.0 Å². The molecular weight excluding hydrogens is 336 g/mol. The third kappa shape index (κ3) is 3.66. The van der Waals surface area contributed by atoms with Crippen LogP contribution in [0, 0.1) is 0 Å². The number of hydrogen-bond acceptors (Lipinski definition) is 5. The number of para-hydroxylation sites is 2. The van der Waals surface area contributed by atoms with Crippen LogP contribution in [0.1, 0.15) is 27.1 Å². The summed E-state index contributed by atoms with van der Waals surface area (Å²) in [4.78, 5) is 38.1. The van der Waals surface area contributed by atoms with Gasteiger partial charge in [-0.05, 0) is 42.8 Å². The van der Waals surface area contributed by atoms with Crippen LogP contribution >= 0.6 is 0 Å². The molecule has 0 saturated heterocycles. The highest BCUT2D eigenvalue weighted by molar-refractivity contribution is 5.93. The average Bonchev–Trinajstić information content (AvgIpc) is 2.99. The van der Waals surface area contributed by atoms with Crippen molar-refractivity contribution >= 4 is 23.0 Å². The first-order valence-electron chi connectivity index (χ1n) is 8.13. The maximum atomic E-state index is 12.0. The number of rotatable bonds is 6. The smallest absolute Gasteiger partial charge is 0.338 e. The molecule has 1 N–H and O–H groups in total. The lowest BCUT2D eigenvalue weighted by Crippen LogP contribution is -2.18. The quantitative estimate of drug-likeness (QED) is 0.542. The average molecular weight is 354 g/mol. The molecule has 3 aromatic rings. The topological polar surface area (TPSA) is 90.4 Å². The largest absolute Gasteiger partial charge is 0.465 e. The van der Waals surface area contributed by atoms with Crippen LogP contribution in [0.25, 0.3) is 11.0 Å². The maximum absolute atomic E-state index is 12.0. The van der Waals surface area contributed by atoms with Gasteiger partial charge in [0.1, 0.15) is 0 Å². The third-order valence-corrected chi connectivity index (χ3v) is 3.98. The summed E-state index contributed by atoms with van der Waals surface area (Å²) in [5, 5.41) is 0. The molecule has 0 fully saturated rings. The summed E-state index contributed by atoms with van der Waals surface area (Å²) < 4.78 is 11.4. The number of aromatic nitrogens is 2. The van der Waals surface area contributed by atoms with E-state index in [-0.39, 0.29) is 12.3 Å². The molecule has 134 valence electrons. The van der Waals surface area contributed by atoms with Crippen LogP contribution in [0.15, 0.2) is 53.3 Å². The lowest BCUT2D eigenvalue weighted by atomic mass is 10.1. The minimum atomic E-state index is -0.479. The molecule has 0 radical (unpaired) electrons. The summed E-state index contributed by atoms with van der Waals surface area (Å²) in [5.41, 5.74) is 2.13. The first-order chi connectivity index (χ1) is 12.6. The number of ether oxygens (including phenoxy) is 2. The van der Waals surface area contributed by atoms with Crippen LogP contribution < -0.4 is 5.69 Å². The number of benzene rings is 2. The Morgan fingerprint density at radius 3 is 2.35 bits per heavy atom. The standard InChI is InChI=1S/C19H18N2O5/c1-25-17(22)13-7-9-14(10-8-13)18(23)26-12-4-11-21-16-6-3-2-5-15(16)20-19(21)24/h2-3,5-10H,4,11-12H2,1H3,(H,20,24). The number of aromatic amines is 1. The van der Waals surface area contributed by atoms with Crippen LogP contribution in [0.2, 0.25) is 0 Å². The van der Waals surface area contributed by atoms with Gasteiger partial charge in [-0.1, -0.05) is 12.1 Å². The molecule has 0 aliphatic carbocycles. The fraction of sp³-hybridized carbons (Fsp3) is 0.211. The predicted molar refractivity (Wildman–Crippen MR) is 95.2 cm³/mol. The van der Waals surface area contributed by atoms with E-state index >= 15 is 0 Å². The van der Waals surface area contributed by atoms with E-state index in [1.807, 2.05) is 24.3 Å². The van der Waals surface area contributed by atoms with Gasteiger partial charge in [-0.2, -0.15) is 0 Å². The van der Waals surface area contributed by atoms with Gasteiger partial charge in [-0.3, -0.25) is 4.57 Å². The lowest BCUT2D eigenvalue weighted by molar-refractivity contribution is 0.0494. The van der Waals surface area contributed by atoms with Gasteiger partial charge in [-0.15, -0.1) is 0 Å². The number of hydrogen-bond donors (Lipinski definition) is 1. The Morgan fingerprint density at radius 1 is 1.00 bits per heavy atom. The van der Waals surface area contributed by atoms with Crippen LogP contribution in [-0.4, -0.2) is 35.2 Å². The van der Waals surface area contributed by atoms with Gasteiger partial charge < -0.3 is 14.5 Å². The van der Waals surface area contributed by atoms with Crippen molar-refractivity contribution in [1.82, 2.24) is 9.55 Å². The molecular formula is C19H18N2O5. The Hall–Kier alpha value is -3.35. The molecule has 1 aromatic heterocycles. The Kier molecular flexibility index (Phi) is 5.17. The van der Waals surface area contributed by atoms with Gasteiger partial charge in [-0.25, -0.2) is 14.4 Å². The number of nitrogens with zero attached hydrogens (tertiary/aromatic N) is 1. The van der Waals surface area contributed by atoms with Gasteiger partial charge in [0, 0.05) is 6.54 Å². The zero-order valence-corrected chi connectivity index (χ0v) is 14.2. The monoisotopic (exact) mass is 354 g/mol. The van der Waals surface area contributed by atoms with Crippen LogP contribution in [0.3, 0.4) is 0 Å². The molecule has 26 heavy (non-hydrogen) atoms. The second kappa shape index (κ2) is 7.69. The summed E-state index contributed by atoms with van der Waals surface area (Å²) in [6, 6.07) is 13.5. The summed E-state index contributed by atoms with van der Waals surface area (Å²) in [7, 11) is 1.30. The zero-order valence-electron chi connectivity index (χ0n) is 14.2. The van der Waals surface area contributed by atoms with Crippen molar-refractivity contribution in [2.24, 2.45) is 0 Å². The molecule has 7 nitrogen and oxygen atoms in total. The molecule has 0 aliphatic heterocycles. The molecule has 0 aliphatic rings. The van der Waals surface area contributed by atoms with E-state index in [1.54, 1.807) is 4.57 Å². The number of imidazole rings is 1. The van der Waals surface area contributed by atoms with Gasteiger partial charge >= 0.3 is 17.6 Å². The summed E-state index contributed by atoms with van der Waals surface area (Å²) >= 11 is 0. The number of aryl methyl sites for hydroxylation is 1. The van der Waals surface area contributed by atoms with E-state index in [2.05, 4.69) is 9.72 Å². The zero-order chi connectivity index (χ0) is 18.5. The molecule has 2 aromatic carbocycles. The Bertz CT molecular complexity index is 985. The van der Waals surface area contributed by atoms with Crippen molar-refractivity contribution in [3.63, 3.8) is 0 Å². The molecule has 0 atom stereocenters. The Balaban J connectivity index is 1.54. The molecule has 0 unspecified atom stereocenters. The second-order valence-electron chi connectivity index (χ2n) is 5.66. The lowest BCUT2D eigenvalue weighted by Gasteiger charge is -2.06. The number of nitrogens with one attached hydrogen (secondary N) is 1. The maximum Gasteiger partial charge on any atom is 0.338 e. The Morgan fingerprint density at radius 2 is 1.65 bits per heavy atom. The Labute approximate surface area is 149 Å². The minimum absolute atomic E-state index is 0.184. The number of carbonyl (C=O) groups is 2. The van der Waals surface area contributed by atoms with Crippen molar-refractivity contribution < 1.29 is 19.1 Å². The van der Waals surface area contributed by atoms with Crippen molar-refractivity contribution in [1.29, 1.82) is 0 Å². The van der Waals surface area contributed by atoms with Crippen molar-refractivity contribution in [2.45, 2.75) is 13.0 Å². The van der Waals surface area contributed by atoms with E-state index in [0.717, 1.165) is 11.0 Å². The van der Waals surface area contributed by atoms with Crippen LogP contribution in [0.4, 0.5) is 0 Å². The molecule has 0 saturated carbocycles. The normalized spacial score (nSPS) is 10.7. The van der Waals surface area contributed by atoms with Gasteiger partial charge in [0.2, 0.25) is 0 Å². The number of fused-ring (bicyclic) bond motifs is 1. The molecule has 0 bridgehead atoms. The molecule has 0 amide bonds. The van der Waals surface area contributed by atoms with Crippen LogP contribution in [0.5, 0.6) is 0 Å². The first kappa shape index (κ1) is 17.5. The molecule has 1 heterocycles. The van der Waals surface area contributed by atoms with Crippen molar-refractivity contribution in [2.75, 3.05) is 13.7 Å². The predicted octanol–water partition coefficient (Wildman–Crippen LogP) is 2.36. The first-order valence-corrected chi connectivity index (χ1v) is 8.13. The van der Waals surface area contributed by atoms with Gasteiger partial charge in [0.15, 0.2) is 0 Å². The fourth-order valence-electron chi connectivity index (χ4n) is 2.66. The molecule has 0 spiro atoms.